The fourth-order valence-corrected chi connectivity index (χ4v) is 3.39. The van der Waals surface area contributed by atoms with E-state index >= 15 is 0 Å². The van der Waals surface area contributed by atoms with E-state index in [1.165, 1.54) is 0 Å². The molecule has 0 radical (unpaired) electrons. The van der Waals surface area contributed by atoms with E-state index in [0.29, 0.717) is 11.6 Å². The lowest BCUT2D eigenvalue weighted by Gasteiger charge is -2.23. The van der Waals surface area contributed by atoms with Crippen LogP contribution in [0.25, 0.3) is 0 Å². The van der Waals surface area contributed by atoms with Gasteiger partial charge in [-0.05, 0) is 36.1 Å². The number of anilines is 1. The van der Waals surface area contributed by atoms with Crippen molar-refractivity contribution in [1.29, 1.82) is 0 Å². The SMILES string of the molecule is O=C(Cc1ccc(Br)cc1)N(COCC1=CC=CCC1)c1nc(OCC(F)(F)F)cc(OCC(F)(F)F)n1. The molecule has 0 N–H and O–H groups in total. The zero-order valence-corrected chi connectivity index (χ0v) is 21.3. The molecule has 0 saturated heterocycles. The van der Waals surface area contributed by atoms with Crippen molar-refractivity contribution in [3.05, 3.63) is 64.2 Å². The van der Waals surface area contributed by atoms with Crippen LogP contribution in [0.5, 0.6) is 11.8 Å². The first-order valence-corrected chi connectivity index (χ1v) is 11.9. The van der Waals surface area contributed by atoms with Crippen molar-refractivity contribution in [3.63, 3.8) is 0 Å². The molecule has 0 saturated carbocycles. The van der Waals surface area contributed by atoms with Crippen LogP contribution in [0.4, 0.5) is 32.3 Å². The average Bonchev–Trinajstić information content (AvgIpc) is 2.85. The maximum absolute atomic E-state index is 13.2. The third-order valence-electron chi connectivity index (χ3n) is 4.85. The lowest BCUT2D eigenvalue weighted by molar-refractivity contribution is -0.154. The fraction of sp³-hybridized carbons (Fsp3) is 0.375. The molecule has 0 bridgehead atoms. The molecule has 0 spiro atoms. The van der Waals surface area contributed by atoms with Gasteiger partial charge in [-0.25, -0.2) is 0 Å². The zero-order valence-electron chi connectivity index (χ0n) is 19.7. The van der Waals surface area contributed by atoms with E-state index in [0.717, 1.165) is 27.8 Å². The highest BCUT2D eigenvalue weighted by Crippen LogP contribution is 2.26. The van der Waals surface area contributed by atoms with Gasteiger partial charge in [0.15, 0.2) is 13.2 Å². The van der Waals surface area contributed by atoms with E-state index in [2.05, 4.69) is 35.4 Å². The van der Waals surface area contributed by atoms with Crippen LogP contribution in [0.3, 0.4) is 0 Å². The predicted octanol–water partition coefficient (Wildman–Crippen LogP) is 5.95. The molecule has 3 rings (SSSR count). The van der Waals surface area contributed by atoms with Crippen molar-refractivity contribution in [3.8, 4) is 11.8 Å². The first-order valence-electron chi connectivity index (χ1n) is 11.1. The lowest BCUT2D eigenvalue weighted by Crippen LogP contribution is -2.36. The minimum absolute atomic E-state index is 0.133. The van der Waals surface area contributed by atoms with Crippen LogP contribution >= 0.6 is 15.9 Å². The number of carbonyl (C=O) groups excluding carboxylic acids is 1. The summed E-state index contributed by atoms with van der Waals surface area (Å²) in [7, 11) is 0. The van der Waals surface area contributed by atoms with E-state index in [1.807, 2.05) is 18.2 Å². The largest absolute Gasteiger partial charge is 0.468 e. The molecule has 1 amide bonds. The smallest absolute Gasteiger partial charge is 0.422 e. The Balaban J connectivity index is 1.89. The Labute approximate surface area is 222 Å². The highest BCUT2D eigenvalue weighted by molar-refractivity contribution is 9.10. The molecule has 1 heterocycles. The molecule has 14 heteroatoms. The topological polar surface area (TPSA) is 73.8 Å². The number of rotatable bonds is 11. The number of carbonyl (C=O) groups is 1. The number of aromatic nitrogens is 2. The molecule has 38 heavy (non-hydrogen) atoms. The molecule has 0 aliphatic heterocycles. The van der Waals surface area contributed by atoms with Gasteiger partial charge >= 0.3 is 12.4 Å². The molecule has 1 aliphatic rings. The van der Waals surface area contributed by atoms with E-state index in [1.54, 1.807) is 24.3 Å². The van der Waals surface area contributed by atoms with Gasteiger partial charge in [-0.2, -0.15) is 36.3 Å². The first-order chi connectivity index (χ1) is 17.9. The summed E-state index contributed by atoms with van der Waals surface area (Å²) in [6.45, 7) is -3.84. The maximum atomic E-state index is 13.2. The Morgan fingerprint density at radius 2 is 1.58 bits per heavy atom. The highest BCUT2D eigenvalue weighted by atomic mass is 79.9. The first kappa shape index (κ1) is 29.4. The van der Waals surface area contributed by atoms with Gasteiger partial charge in [-0.1, -0.05) is 46.3 Å². The number of amides is 1. The van der Waals surface area contributed by atoms with E-state index < -0.39 is 55.9 Å². The van der Waals surface area contributed by atoms with Crippen LogP contribution < -0.4 is 14.4 Å². The van der Waals surface area contributed by atoms with Gasteiger partial charge in [-0.15, -0.1) is 0 Å². The van der Waals surface area contributed by atoms with Gasteiger partial charge in [0.25, 0.3) is 0 Å². The molecule has 7 nitrogen and oxygen atoms in total. The summed E-state index contributed by atoms with van der Waals surface area (Å²) >= 11 is 3.29. The molecule has 206 valence electrons. The number of allylic oxidation sites excluding steroid dienone is 3. The summed E-state index contributed by atoms with van der Waals surface area (Å²) in [5.74, 6) is -2.63. The number of benzene rings is 1. The molecule has 1 aliphatic carbocycles. The number of alkyl halides is 6. The fourth-order valence-electron chi connectivity index (χ4n) is 3.13. The van der Waals surface area contributed by atoms with Crippen LogP contribution in [0, 0.1) is 0 Å². The van der Waals surface area contributed by atoms with Gasteiger partial charge in [0.2, 0.25) is 23.6 Å². The van der Waals surface area contributed by atoms with Crippen molar-refractivity contribution < 1.29 is 45.3 Å². The summed E-state index contributed by atoms with van der Waals surface area (Å²) < 4.78 is 91.8. The van der Waals surface area contributed by atoms with Gasteiger partial charge < -0.3 is 14.2 Å². The second-order valence-electron chi connectivity index (χ2n) is 8.05. The molecular formula is C24H22BrF6N3O4. The third kappa shape index (κ3) is 10.3. The quantitative estimate of drug-likeness (QED) is 0.232. The zero-order chi connectivity index (χ0) is 27.8. The van der Waals surface area contributed by atoms with Crippen LogP contribution in [0.1, 0.15) is 18.4 Å². The number of hydrogen-bond donors (Lipinski definition) is 0. The standard InChI is InChI=1S/C24H22BrF6N3O4/c25-18-8-6-16(7-9-18)10-21(35)34(15-36-12-17-4-2-1-3-5-17)22-32-19(37-13-23(26,27)28)11-20(33-22)38-14-24(29,30)31/h1-2,4,6-9,11H,3,5,10,12-15H2. The van der Waals surface area contributed by atoms with Crippen LogP contribution in [-0.4, -0.2) is 54.8 Å². The molecule has 0 unspecified atom stereocenters. The van der Waals surface area contributed by atoms with Crippen molar-refractivity contribution in [2.45, 2.75) is 31.6 Å². The number of ether oxygens (including phenoxy) is 3. The third-order valence-corrected chi connectivity index (χ3v) is 5.38. The Morgan fingerprint density at radius 1 is 0.974 bits per heavy atom. The minimum Gasteiger partial charge on any atom is -0.468 e. The highest BCUT2D eigenvalue weighted by Gasteiger charge is 2.31. The van der Waals surface area contributed by atoms with Gasteiger partial charge in [-0.3, -0.25) is 9.69 Å². The maximum Gasteiger partial charge on any atom is 0.422 e. The van der Waals surface area contributed by atoms with Crippen molar-refractivity contribution in [2.24, 2.45) is 0 Å². The summed E-state index contributed by atoms with van der Waals surface area (Å²) in [6.07, 6.45) is -2.46. The second-order valence-corrected chi connectivity index (χ2v) is 8.96. The Morgan fingerprint density at radius 3 is 2.11 bits per heavy atom. The van der Waals surface area contributed by atoms with Crippen molar-refractivity contribution in [2.75, 3.05) is 31.5 Å². The number of halogens is 7. The van der Waals surface area contributed by atoms with Crippen molar-refractivity contribution in [1.82, 2.24) is 9.97 Å². The van der Waals surface area contributed by atoms with E-state index in [-0.39, 0.29) is 13.0 Å². The van der Waals surface area contributed by atoms with Crippen LogP contribution in [0.2, 0.25) is 0 Å². The van der Waals surface area contributed by atoms with E-state index in [9.17, 15) is 31.1 Å². The van der Waals surface area contributed by atoms with E-state index in [4.69, 9.17) is 4.74 Å². The Hall–Kier alpha value is -3.13. The lowest BCUT2D eigenvalue weighted by atomic mass is 10.1. The molecule has 0 atom stereocenters. The summed E-state index contributed by atoms with van der Waals surface area (Å²) in [6, 6.07) is 7.43. The molecular weight excluding hydrogens is 588 g/mol. The van der Waals surface area contributed by atoms with Gasteiger partial charge in [0.1, 0.15) is 6.73 Å². The monoisotopic (exact) mass is 609 g/mol. The minimum atomic E-state index is -4.75. The molecule has 2 aromatic rings. The molecule has 1 aromatic carbocycles. The normalized spacial score (nSPS) is 13.7. The summed E-state index contributed by atoms with van der Waals surface area (Å²) in [4.78, 5) is 21.8. The number of nitrogens with zero attached hydrogens (tertiary/aromatic N) is 3. The average molecular weight is 610 g/mol. The van der Waals surface area contributed by atoms with Gasteiger partial charge in [0, 0.05) is 4.47 Å². The van der Waals surface area contributed by atoms with Crippen molar-refractivity contribution >= 4 is 27.8 Å². The summed E-state index contributed by atoms with van der Waals surface area (Å²) in [5.41, 5.74) is 1.52. The Bertz CT molecular complexity index is 1120. The predicted molar refractivity (Wildman–Crippen MR) is 128 cm³/mol. The Kier molecular flexibility index (Phi) is 10.1. The van der Waals surface area contributed by atoms with Crippen LogP contribution in [-0.2, 0) is 16.0 Å². The molecule has 1 aromatic heterocycles. The second kappa shape index (κ2) is 13.1. The summed E-state index contributed by atoms with van der Waals surface area (Å²) in [5, 5.41) is 0. The van der Waals surface area contributed by atoms with Gasteiger partial charge in [0.05, 0.1) is 19.1 Å². The molecule has 0 fully saturated rings. The number of hydrogen-bond acceptors (Lipinski definition) is 6. The van der Waals surface area contributed by atoms with Crippen LogP contribution in [0.15, 0.2) is 58.6 Å².